The number of rotatable bonds is 4. The first kappa shape index (κ1) is 9.71. The van der Waals surface area contributed by atoms with Crippen molar-refractivity contribution in [1.82, 2.24) is 10.2 Å². The van der Waals surface area contributed by atoms with Crippen LogP contribution in [0.4, 0.5) is 5.69 Å². The number of nitrogens with one attached hydrogen (secondary N) is 1. The number of nitrogens with zero attached hydrogens (tertiary/aromatic N) is 2. The summed E-state index contributed by atoms with van der Waals surface area (Å²) in [5.74, 6) is 0.551. The fourth-order valence-corrected chi connectivity index (χ4v) is 1.33. The van der Waals surface area contributed by atoms with Crippen LogP contribution in [-0.4, -0.2) is 16.7 Å². The van der Waals surface area contributed by atoms with Crippen LogP contribution in [0.15, 0.2) is 35.1 Å². The van der Waals surface area contributed by atoms with Crippen molar-refractivity contribution in [2.24, 2.45) is 0 Å². The maximum absolute atomic E-state index is 5.13. The standard InChI is InChI=1S/C11H13N3O/c1-2-6-12-10-5-3-4-9(7-10)11-14-13-8-15-11/h3-5,7-8,12H,2,6H2,1H3. The predicted molar refractivity (Wildman–Crippen MR) is 58.5 cm³/mol. The van der Waals surface area contributed by atoms with Crippen molar-refractivity contribution in [3.8, 4) is 11.5 Å². The largest absolute Gasteiger partial charge is 0.423 e. The predicted octanol–water partition coefficient (Wildman–Crippen LogP) is 2.56. The highest BCUT2D eigenvalue weighted by Gasteiger charge is 2.03. The van der Waals surface area contributed by atoms with E-state index in [0.29, 0.717) is 5.89 Å². The van der Waals surface area contributed by atoms with Crippen molar-refractivity contribution in [2.75, 3.05) is 11.9 Å². The molecular weight excluding hydrogens is 190 g/mol. The zero-order chi connectivity index (χ0) is 10.5. The highest BCUT2D eigenvalue weighted by atomic mass is 16.4. The Hall–Kier alpha value is -1.84. The van der Waals surface area contributed by atoms with Crippen LogP contribution >= 0.6 is 0 Å². The van der Waals surface area contributed by atoms with Gasteiger partial charge in [-0.15, -0.1) is 10.2 Å². The van der Waals surface area contributed by atoms with Crippen LogP contribution in [0.5, 0.6) is 0 Å². The van der Waals surface area contributed by atoms with Gasteiger partial charge in [-0.2, -0.15) is 0 Å². The molecule has 0 saturated carbocycles. The second kappa shape index (κ2) is 4.59. The Kier molecular flexibility index (Phi) is 2.97. The second-order valence-corrected chi connectivity index (χ2v) is 3.25. The van der Waals surface area contributed by atoms with E-state index in [9.17, 15) is 0 Å². The zero-order valence-corrected chi connectivity index (χ0v) is 8.60. The van der Waals surface area contributed by atoms with Gasteiger partial charge in [0.05, 0.1) is 0 Å². The summed E-state index contributed by atoms with van der Waals surface area (Å²) in [7, 11) is 0. The van der Waals surface area contributed by atoms with Gasteiger partial charge < -0.3 is 9.73 Å². The molecule has 0 atom stereocenters. The van der Waals surface area contributed by atoms with E-state index in [0.717, 1.165) is 24.2 Å². The molecule has 0 saturated heterocycles. The average molecular weight is 203 g/mol. The van der Waals surface area contributed by atoms with E-state index >= 15 is 0 Å². The summed E-state index contributed by atoms with van der Waals surface area (Å²) < 4.78 is 5.13. The lowest BCUT2D eigenvalue weighted by Crippen LogP contribution is -1.99. The van der Waals surface area contributed by atoms with Crippen molar-refractivity contribution in [3.05, 3.63) is 30.7 Å². The molecule has 0 amide bonds. The molecule has 0 unspecified atom stereocenters. The third kappa shape index (κ3) is 2.34. The van der Waals surface area contributed by atoms with Crippen LogP contribution < -0.4 is 5.32 Å². The molecule has 0 aliphatic rings. The van der Waals surface area contributed by atoms with Gasteiger partial charge in [0, 0.05) is 17.8 Å². The molecule has 0 aliphatic carbocycles. The Labute approximate surface area is 88.3 Å². The summed E-state index contributed by atoms with van der Waals surface area (Å²) in [6.07, 6.45) is 2.44. The lowest BCUT2D eigenvalue weighted by Gasteiger charge is -2.04. The van der Waals surface area contributed by atoms with Gasteiger partial charge in [-0.1, -0.05) is 13.0 Å². The minimum absolute atomic E-state index is 0.551. The van der Waals surface area contributed by atoms with Gasteiger partial charge in [-0.3, -0.25) is 0 Å². The minimum atomic E-state index is 0.551. The molecule has 15 heavy (non-hydrogen) atoms. The van der Waals surface area contributed by atoms with Gasteiger partial charge in [0.15, 0.2) is 0 Å². The first-order valence-electron chi connectivity index (χ1n) is 5.00. The number of aromatic nitrogens is 2. The van der Waals surface area contributed by atoms with Crippen molar-refractivity contribution < 1.29 is 4.42 Å². The van der Waals surface area contributed by atoms with E-state index in [2.05, 4.69) is 22.4 Å². The van der Waals surface area contributed by atoms with Gasteiger partial charge >= 0.3 is 0 Å². The molecule has 0 spiro atoms. The number of hydrogen-bond acceptors (Lipinski definition) is 4. The first-order chi connectivity index (χ1) is 7.40. The van der Waals surface area contributed by atoms with E-state index in [1.54, 1.807) is 0 Å². The molecular formula is C11H13N3O. The van der Waals surface area contributed by atoms with E-state index in [1.165, 1.54) is 6.39 Å². The molecule has 78 valence electrons. The molecule has 1 heterocycles. The SMILES string of the molecule is CCCNc1cccc(-c2nnco2)c1. The van der Waals surface area contributed by atoms with E-state index in [-0.39, 0.29) is 0 Å². The minimum Gasteiger partial charge on any atom is -0.423 e. The van der Waals surface area contributed by atoms with Gasteiger partial charge in [-0.25, -0.2) is 0 Å². The van der Waals surface area contributed by atoms with Gasteiger partial charge in [0.25, 0.3) is 0 Å². The zero-order valence-electron chi connectivity index (χ0n) is 8.60. The average Bonchev–Trinajstić information content (AvgIpc) is 2.80. The van der Waals surface area contributed by atoms with E-state index < -0.39 is 0 Å². The second-order valence-electron chi connectivity index (χ2n) is 3.25. The van der Waals surface area contributed by atoms with Gasteiger partial charge in [-0.05, 0) is 24.6 Å². The summed E-state index contributed by atoms with van der Waals surface area (Å²) in [4.78, 5) is 0. The molecule has 0 aliphatic heterocycles. The summed E-state index contributed by atoms with van der Waals surface area (Å²) in [5.41, 5.74) is 2.01. The van der Waals surface area contributed by atoms with Crippen molar-refractivity contribution in [2.45, 2.75) is 13.3 Å². The summed E-state index contributed by atoms with van der Waals surface area (Å²) >= 11 is 0. The number of anilines is 1. The van der Waals surface area contributed by atoms with E-state index in [4.69, 9.17) is 4.42 Å². The molecule has 0 fully saturated rings. The smallest absolute Gasteiger partial charge is 0.247 e. The van der Waals surface area contributed by atoms with Gasteiger partial charge in [0.1, 0.15) is 0 Å². The highest BCUT2D eigenvalue weighted by Crippen LogP contribution is 2.19. The maximum Gasteiger partial charge on any atom is 0.247 e. The Morgan fingerprint density at radius 1 is 1.40 bits per heavy atom. The number of hydrogen-bond donors (Lipinski definition) is 1. The quantitative estimate of drug-likeness (QED) is 0.829. The van der Waals surface area contributed by atoms with Crippen molar-refractivity contribution in [3.63, 3.8) is 0 Å². The third-order valence-corrected chi connectivity index (χ3v) is 2.05. The lowest BCUT2D eigenvalue weighted by atomic mass is 10.2. The fourth-order valence-electron chi connectivity index (χ4n) is 1.33. The normalized spacial score (nSPS) is 10.2. The van der Waals surface area contributed by atoms with Crippen LogP contribution in [0.1, 0.15) is 13.3 Å². The van der Waals surface area contributed by atoms with Crippen LogP contribution in [0, 0.1) is 0 Å². The number of benzene rings is 1. The summed E-state index contributed by atoms with van der Waals surface area (Å²) in [5, 5.41) is 10.8. The Bertz CT molecular complexity index is 412. The molecule has 2 aromatic rings. The molecule has 1 aromatic heterocycles. The maximum atomic E-state index is 5.13. The molecule has 0 radical (unpaired) electrons. The molecule has 0 bridgehead atoms. The fraction of sp³-hybridized carbons (Fsp3) is 0.273. The van der Waals surface area contributed by atoms with Crippen molar-refractivity contribution in [1.29, 1.82) is 0 Å². The molecule has 1 N–H and O–H groups in total. The monoisotopic (exact) mass is 203 g/mol. The van der Waals surface area contributed by atoms with Crippen LogP contribution in [-0.2, 0) is 0 Å². The lowest BCUT2D eigenvalue weighted by molar-refractivity contribution is 0.568. The molecule has 4 heteroatoms. The highest BCUT2D eigenvalue weighted by molar-refractivity contribution is 5.60. The first-order valence-corrected chi connectivity index (χ1v) is 5.00. The van der Waals surface area contributed by atoms with Crippen LogP contribution in [0.2, 0.25) is 0 Å². The molecule has 2 rings (SSSR count). The van der Waals surface area contributed by atoms with Crippen molar-refractivity contribution >= 4 is 5.69 Å². The van der Waals surface area contributed by atoms with E-state index in [1.807, 2.05) is 24.3 Å². The molecule has 1 aromatic carbocycles. The summed E-state index contributed by atoms with van der Waals surface area (Å²) in [6, 6.07) is 7.95. The van der Waals surface area contributed by atoms with Gasteiger partial charge in [0.2, 0.25) is 12.3 Å². The molecule has 4 nitrogen and oxygen atoms in total. The van der Waals surface area contributed by atoms with Crippen LogP contribution in [0.25, 0.3) is 11.5 Å². The Balaban J connectivity index is 2.19. The topological polar surface area (TPSA) is 51.0 Å². The Morgan fingerprint density at radius 2 is 2.33 bits per heavy atom. The Morgan fingerprint density at radius 3 is 3.07 bits per heavy atom. The van der Waals surface area contributed by atoms with Crippen LogP contribution in [0.3, 0.4) is 0 Å². The third-order valence-electron chi connectivity index (χ3n) is 2.05. The summed E-state index contributed by atoms with van der Waals surface area (Å²) in [6.45, 7) is 3.10.